The van der Waals surface area contributed by atoms with E-state index in [0.29, 0.717) is 12.1 Å². The Morgan fingerprint density at radius 1 is 1.21 bits per heavy atom. The van der Waals surface area contributed by atoms with E-state index in [9.17, 15) is 4.79 Å². The van der Waals surface area contributed by atoms with E-state index in [1.165, 1.54) is 0 Å². The van der Waals surface area contributed by atoms with Gasteiger partial charge in [0.25, 0.3) is 5.91 Å². The van der Waals surface area contributed by atoms with Crippen molar-refractivity contribution in [2.45, 2.75) is 58.2 Å². The van der Waals surface area contributed by atoms with E-state index in [-0.39, 0.29) is 30.5 Å². The van der Waals surface area contributed by atoms with Crippen molar-refractivity contribution in [3.8, 4) is 5.75 Å². The molecule has 6 heteroatoms. The molecule has 0 radical (unpaired) electrons. The first kappa shape index (κ1) is 23.2. The molecule has 1 saturated heterocycles. The fourth-order valence-electron chi connectivity index (χ4n) is 3.50. The first-order valence-corrected chi connectivity index (χ1v) is 10.4. The number of carbonyl (C=O) groups excluding carboxylic acids is 1. The predicted octanol–water partition coefficient (Wildman–Crippen LogP) is 4.47. The number of hydrogen-bond donors (Lipinski definition) is 1. The summed E-state index contributed by atoms with van der Waals surface area (Å²) in [6, 6.07) is 13.6. The molecule has 158 valence electrons. The minimum atomic E-state index is 0. The molecule has 2 heterocycles. The van der Waals surface area contributed by atoms with Gasteiger partial charge in [-0.1, -0.05) is 13.0 Å². The number of hydrogen-bond acceptors (Lipinski definition) is 4. The van der Waals surface area contributed by atoms with Crippen molar-refractivity contribution in [2.75, 3.05) is 13.1 Å². The summed E-state index contributed by atoms with van der Waals surface area (Å²) in [6.07, 6.45) is 5.97. The average Bonchev–Trinajstić information content (AvgIpc) is 3.02. The van der Waals surface area contributed by atoms with Gasteiger partial charge in [0.1, 0.15) is 5.75 Å². The summed E-state index contributed by atoms with van der Waals surface area (Å²) in [7, 11) is 0. The van der Waals surface area contributed by atoms with Gasteiger partial charge in [-0.25, -0.2) is 0 Å². The molecule has 1 aliphatic heterocycles. The molecule has 0 bridgehead atoms. The van der Waals surface area contributed by atoms with Gasteiger partial charge >= 0.3 is 0 Å². The van der Waals surface area contributed by atoms with Crippen LogP contribution >= 0.6 is 12.4 Å². The van der Waals surface area contributed by atoms with Gasteiger partial charge in [0.15, 0.2) is 0 Å². The second kappa shape index (κ2) is 11.8. The van der Waals surface area contributed by atoms with Crippen LogP contribution in [-0.4, -0.2) is 41.0 Å². The normalized spacial score (nSPS) is 17.5. The van der Waals surface area contributed by atoms with Crippen LogP contribution in [0.5, 0.6) is 5.75 Å². The monoisotopic (exact) mass is 417 g/mol. The molecule has 1 aliphatic rings. The molecule has 29 heavy (non-hydrogen) atoms. The highest BCUT2D eigenvalue weighted by atomic mass is 35.5. The molecule has 5 nitrogen and oxygen atoms in total. The molecule has 0 aliphatic carbocycles. The Morgan fingerprint density at radius 2 is 2.00 bits per heavy atom. The highest BCUT2D eigenvalue weighted by molar-refractivity contribution is 5.94. The molecule has 3 rings (SSSR count). The highest BCUT2D eigenvalue weighted by Crippen LogP contribution is 2.21. The van der Waals surface area contributed by atoms with Crippen molar-refractivity contribution in [3.63, 3.8) is 0 Å². The predicted molar refractivity (Wildman–Crippen MR) is 119 cm³/mol. The number of ether oxygens (including phenoxy) is 1. The third kappa shape index (κ3) is 6.72. The fraction of sp³-hybridized carbons (Fsp3) is 0.478. The van der Waals surface area contributed by atoms with E-state index in [4.69, 9.17) is 4.74 Å². The van der Waals surface area contributed by atoms with E-state index in [1.807, 2.05) is 54.3 Å². The summed E-state index contributed by atoms with van der Waals surface area (Å²) in [4.78, 5) is 19.8. The van der Waals surface area contributed by atoms with Gasteiger partial charge in [-0.3, -0.25) is 9.78 Å². The maximum Gasteiger partial charge on any atom is 0.254 e. The van der Waals surface area contributed by atoms with Gasteiger partial charge in [-0.15, -0.1) is 12.4 Å². The summed E-state index contributed by atoms with van der Waals surface area (Å²) < 4.78 is 5.84. The topological polar surface area (TPSA) is 54.5 Å². The molecule has 1 fully saturated rings. The van der Waals surface area contributed by atoms with Crippen LogP contribution in [0.2, 0.25) is 0 Å². The largest absolute Gasteiger partial charge is 0.491 e. The lowest BCUT2D eigenvalue weighted by atomic mass is 10.0. The number of rotatable bonds is 7. The number of benzene rings is 1. The van der Waals surface area contributed by atoms with E-state index in [1.54, 1.807) is 6.20 Å². The van der Waals surface area contributed by atoms with E-state index in [2.05, 4.69) is 17.2 Å². The van der Waals surface area contributed by atoms with Crippen LogP contribution in [0, 0.1) is 0 Å². The standard InChI is InChI=1S/C23H31N3O2.ClH/c1-3-18(2)28-22-11-9-19(10-12-22)23(27)26(17-20-7-4-5-15-25-20)21-8-6-14-24-16-13-21;/h4-5,7,9-12,15,18,21,24H,3,6,8,13-14,16-17H2,1-2H3;1H. The Kier molecular flexibility index (Phi) is 9.42. The fourth-order valence-corrected chi connectivity index (χ4v) is 3.50. The smallest absolute Gasteiger partial charge is 0.254 e. The molecule has 2 atom stereocenters. The number of pyridine rings is 1. The molecule has 1 N–H and O–H groups in total. The van der Waals surface area contributed by atoms with Crippen molar-refractivity contribution < 1.29 is 9.53 Å². The first-order chi connectivity index (χ1) is 13.7. The molecule has 1 aromatic carbocycles. The zero-order valence-electron chi connectivity index (χ0n) is 17.3. The molecular weight excluding hydrogens is 386 g/mol. The van der Waals surface area contributed by atoms with Gasteiger partial charge < -0.3 is 15.0 Å². The lowest BCUT2D eigenvalue weighted by molar-refractivity contribution is 0.0642. The van der Waals surface area contributed by atoms with Crippen molar-refractivity contribution in [2.24, 2.45) is 0 Å². The van der Waals surface area contributed by atoms with Crippen molar-refractivity contribution >= 4 is 18.3 Å². The molecule has 0 saturated carbocycles. The maximum atomic E-state index is 13.4. The molecule has 1 aromatic heterocycles. The second-order valence-electron chi connectivity index (χ2n) is 7.45. The number of nitrogens with zero attached hydrogens (tertiary/aromatic N) is 2. The van der Waals surface area contributed by atoms with Crippen LogP contribution in [0.15, 0.2) is 48.7 Å². The Balaban J connectivity index is 0.00000300. The third-order valence-electron chi connectivity index (χ3n) is 5.32. The van der Waals surface area contributed by atoms with Gasteiger partial charge in [-0.2, -0.15) is 0 Å². The maximum absolute atomic E-state index is 13.4. The summed E-state index contributed by atoms with van der Waals surface area (Å²) >= 11 is 0. The highest BCUT2D eigenvalue weighted by Gasteiger charge is 2.26. The molecule has 2 aromatic rings. The van der Waals surface area contributed by atoms with Crippen molar-refractivity contribution in [1.82, 2.24) is 15.2 Å². The Morgan fingerprint density at radius 3 is 2.69 bits per heavy atom. The SMILES string of the molecule is CCC(C)Oc1ccc(C(=O)N(Cc2ccccn2)C2CCCNCC2)cc1.Cl. The molecule has 0 spiro atoms. The van der Waals surface area contributed by atoms with Gasteiger partial charge in [0, 0.05) is 17.8 Å². The van der Waals surface area contributed by atoms with Crippen LogP contribution in [0.1, 0.15) is 55.6 Å². The zero-order chi connectivity index (χ0) is 19.8. The Hall–Kier alpha value is -2.11. The molecule has 2 unspecified atom stereocenters. The number of nitrogens with one attached hydrogen (secondary N) is 1. The van der Waals surface area contributed by atoms with Crippen molar-refractivity contribution in [1.29, 1.82) is 0 Å². The van der Waals surface area contributed by atoms with Gasteiger partial charge in [-0.05, 0) is 82.1 Å². The van der Waals surface area contributed by atoms with Gasteiger partial charge in [0.2, 0.25) is 0 Å². The second-order valence-corrected chi connectivity index (χ2v) is 7.45. The van der Waals surface area contributed by atoms with Crippen LogP contribution in [0.3, 0.4) is 0 Å². The first-order valence-electron chi connectivity index (χ1n) is 10.4. The average molecular weight is 418 g/mol. The lowest BCUT2D eigenvalue weighted by Crippen LogP contribution is -2.40. The van der Waals surface area contributed by atoms with Crippen LogP contribution < -0.4 is 10.1 Å². The van der Waals surface area contributed by atoms with Crippen LogP contribution in [0.25, 0.3) is 0 Å². The Labute approximate surface area is 180 Å². The summed E-state index contributed by atoms with van der Waals surface area (Å²) in [6.45, 7) is 6.64. The quantitative estimate of drug-likeness (QED) is 0.722. The van der Waals surface area contributed by atoms with E-state index in [0.717, 1.165) is 50.2 Å². The third-order valence-corrected chi connectivity index (χ3v) is 5.32. The number of amides is 1. The van der Waals surface area contributed by atoms with Crippen LogP contribution in [0.4, 0.5) is 0 Å². The number of aromatic nitrogens is 1. The Bertz CT molecular complexity index is 732. The van der Waals surface area contributed by atoms with Crippen molar-refractivity contribution in [3.05, 3.63) is 59.9 Å². The zero-order valence-corrected chi connectivity index (χ0v) is 18.2. The lowest BCUT2D eigenvalue weighted by Gasteiger charge is -2.31. The van der Waals surface area contributed by atoms with Crippen LogP contribution in [-0.2, 0) is 6.54 Å². The summed E-state index contributed by atoms with van der Waals surface area (Å²) in [5.74, 6) is 0.869. The molecule has 1 amide bonds. The summed E-state index contributed by atoms with van der Waals surface area (Å²) in [5, 5.41) is 3.44. The summed E-state index contributed by atoms with van der Waals surface area (Å²) in [5.41, 5.74) is 1.62. The minimum absolute atomic E-state index is 0. The number of halogens is 1. The van der Waals surface area contributed by atoms with E-state index < -0.39 is 0 Å². The van der Waals surface area contributed by atoms with Gasteiger partial charge in [0.05, 0.1) is 18.3 Å². The molecular formula is C23H32ClN3O2. The minimum Gasteiger partial charge on any atom is -0.491 e. The van der Waals surface area contributed by atoms with E-state index >= 15 is 0 Å². The number of carbonyl (C=O) groups is 1.